The van der Waals surface area contributed by atoms with Crippen LogP contribution in [-0.2, 0) is 14.8 Å². The van der Waals surface area contributed by atoms with Gasteiger partial charge in [-0.3, -0.25) is 0 Å². The summed E-state index contributed by atoms with van der Waals surface area (Å²) in [6, 6.07) is 0.343. The lowest BCUT2D eigenvalue weighted by Gasteiger charge is -2.25. The molecule has 1 saturated heterocycles. The first-order valence-electron chi connectivity index (χ1n) is 7.91. The maximum absolute atomic E-state index is 12.3. The van der Waals surface area contributed by atoms with E-state index in [4.69, 9.17) is 4.74 Å². The number of hydrogen-bond acceptors (Lipinski definition) is 4. The zero-order valence-corrected chi connectivity index (χ0v) is 14.3. The summed E-state index contributed by atoms with van der Waals surface area (Å²) in [5, 5.41) is 2.91. The van der Waals surface area contributed by atoms with Crippen LogP contribution < -0.4 is 5.32 Å². The molecule has 0 spiro atoms. The molecule has 0 aromatic carbocycles. The summed E-state index contributed by atoms with van der Waals surface area (Å²) in [6.07, 6.45) is 4.98. The zero-order valence-electron chi connectivity index (χ0n) is 13.5. The maximum Gasteiger partial charge on any atom is 0.317 e. The topological polar surface area (TPSA) is 79.0 Å². The Hall–Kier alpha value is -0.860. The summed E-state index contributed by atoms with van der Waals surface area (Å²) >= 11 is 0. The lowest BCUT2D eigenvalue weighted by molar-refractivity contribution is 0.162. The number of carbonyl (C=O) groups is 1. The van der Waals surface area contributed by atoms with Crippen LogP contribution in [0.1, 0.15) is 25.7 Å². The zero-order chi connectivity index (χ0) is 16.2. The molecule has 2 rings (SSSR count). The highest BCUT2D eigenvalue weighted by molar-refractivity contribution is 7.88. The quantitative estimate of drug-likeness (QED) is 0.655. The van der Waals surface area contributed by atoms with Crippen LogP contribution in [0, 0.1) is 5.92 Å². The van der Waals surface area contributed by atoms with Crippen LogP contribution in [0.25, 0.3) is 0 Å². The fraction of sp³-hybridized carbons (Fsp3) is 0.929. The van der Waals surface area contributed by atoms with E-state index in [-0.39, 0.29) is 6.03 Å². The Morgan fingerprint density at radius 1 is 1.32 bits per heavy atom. The van der Waals surface area contributed by atoms with Gasteiger partial charge < -0.3 is 15.0 Å². The fourth-order valence-electron chi connectivity index (χ4n) is 2.55. The van der Waals surface area contributed by atoms with Crippen LogP contribution >= 0.6 is 0 Å². The van der Waals surface area contributed by atoms with E-state index in [0.717, 1.165) is 39.0 Å². The standard InChI is InChI=1S/C14H27N3O4S/c1-16(22(2,19)20)8-3-7-15-14(18)17(13-4-5-13)10-12-6-9-21-11-12/h12-13H,3-11H2,1-2H3,(H,15,18)/t12-/m1/s1. The van der Waals surface area contributed by atoms with Crippen LogP contribution in [0.5, 0.6) is 0 Å². The highest BCUT2D eigenvalue weighted by atomic mass is 32.2. The van der Waals surface area contributed by atoms with Crippen molar-refractivity contribution < 1.29 is 17.9 Å². The molecule has 128 valence electrons. The Labute approximate surface area is 133 Å². The summed E-state index contributed by atoms with van der Waals surface area (Å²) < 4.78 is 29.2. The van der Waals surface area contributed by atoms with Crippen molar-refractivity contribution in [2.24, 2.45) is 5.92 Å². The van der Waals surface area contributed by atoms with Crippen molar-refractivity contribution in [3.8, 4) is 0 Å². The van der Waals surface area contributed by atoms with Gasteiger partial charge in [0.25, 0.3) is 0 Å². The molecule has 0 aromatic rings. The lowest BCUT2D eigenvalue weighted by atomic mass is 10.1. The third kappa shape index (κ3) is 5.40. The van der Waals surface area contributed by atoms with Crippen LogP contribution in [0.2, 0.25) is 0 Å². The first-order valence-corrected chi connectivity index (χ1v) is 9.76. The molecular weight excluding hydrogens is 306 g/mol. The van der Waals surface area contributed by atoms with Crippen molar-refractivity contribution in [2.45, 2.75) is 31.7 Å². The Morgan fingerprint density at radius 2 is 2.05 bits per heavy atom. The third-order valence-electron chi connectivity index (χ3n) is 4.22. The minimum atomic E-state index is -3.14. The minimum Gasteiger partial charge on any atom is -0.381 e. The van der Waals surface area contributed by atoms with Crippen molar-refractivity contribution in [2.75, 3.05) is 46.2 Å². The number of urea groups is 1. The maximum atomic E-state index is 12.3. The smallest absolute Gasteiger partial charge is 0.317 e. The average molecular weight is 333 g/mol. The second kappa shape index (κ2) is 7.61. The molecule has 1 heterocycles. The molecule has 1 aliphatic carbocycles. The van der Waals surface area contributed by atoms with Crippen LogP contribution in [0.15, 0.2) is 0 Å². The van der Waals surface area contributed by atoms with E-state index in [9.17, 15) is 13.2 Å². The number of nitrogens with zero attached hydrogens (tertiary/aromatic N) is 2. The predicted molar refractivity (Wildman–Crippen MR) is 84.1 cm³/mol. The van der Waals surface area contributed by atoms with Crippen molar-refractivity contribution >= 4 is 16.1 Å². The van der Waals surface area contributed by atoms with E-state index in [0.29, 0.717) is 31.5 Å². The van der Waals surface area contributed by atoms with Gasteiger partial charge in [-0.1, -0.05) is 0 Å². The molecule has 8 heteroatoms. The van der Waals surface area contributed by atoms with Gasteiger partial charge in [-0.15, -0.1) is 0 Å². The monoisotopic (exact) mass is 333 g/mol. The van der Waals surface area contributed by atoms with Gasteiger partial charge in [-0.25, -0.2) is 17.5 Å². The van der Waals surface area contributed by atoms with Gasteiger partial charge in [0.2, 0.25) is 10.0 Å². The molecule has 0 aromatic heterocycles. The van der Waals surface area contributed by atoms with E-state index >= 15 is 0 Å². The van der Waals surface area contributed by atoms with Gasteiger partial charge in [0.05, 0.1) is 12.9 Å². The number of carbonyl (C=O) groups excluding carboxylic acids is 1. The Balaban J connectivity index is 1.70. The highest BCUT2D eigenvalue weighted by Crippen LogP contribution is 2.28. The average Bonchev–Trinajstić information content (AvgIpc) is 3.16. The van der Waals surface area contributed by atoms with Gasteiger partial charge in [0, 0.05) is 45.2 Å². The van der Waals surface area contributed by atoms with Gasteiger partial charge in [0.15, 0.2) is 0 Å². The normalized spacial score (nSPS) is 22.0. The van der Waals surface area contributed by atoms with Crippen molar-refractivity contribution in [1.29, 1.82) is 0 Å². The van der Waals surface area contributed by atoms with Crippen LogP contribution in [-0.4, -0.2) is 75.8 Å². The minimum absolute atomic E-state index is 0.0311. The van der Waals surface area contributed by atoms with E-state index in [1.165, 1.54) is 10.6 Å². The van der Waals surface area contributed by atoms with E-state index in [2.05, 4.69) is 5.32 Å². The molecule has 1 aliphatic heterocycles. The highest BCUT2D eigenvalue weighted by Gasteiger charge is 2.34. The number of sulfonamides is 1. The van der Waals surface area contributed by atoms with E-state index in [1.54, 1.807) is 7.05 Å². The SMILES string of the molecule is CN(CCCNC(=O)N(C[C@H]1CCOC1)C1CC1)S(C)(=O)=O. The summed E-state index contributed by atoms with van der Waals surface area (Å²) in [5.41, 5.74) is 0. The van der Waals surface area contributed by atoms with Crippen molar-refractivity contribution in [3.63, 3.8) is 0 Å². The second-order valence-corrected chi connectivity index (χ2v) is 8.37. The van der Waals surface area contributed by atoms with E-state index in [1.807, 2.05) is 4.90 Å². The molecular formula is C14H27N3O4S. The molecule has 2 aliphatic rings. The number of ether oxygens (including phenoxy) is 1. The first kappa shape index (κ1) is 17.5. The summed E-state index contributed by atoms with van der Waals surface area (Å²) in [5.74, 6) is 0.447. The Bertz CT molecular complexity index is 472. The second-order valence-electron chi connectivity index (χ2n) is 6.28. The number of amides is 2. The number of rotatable bonds is 8. The molecule has 2 fully saturated rings. The summed E-state index contributed by atoms with van der Waals surface area (Å²) in [7, 11) is -1.59. The van der Waals surface area contributed by atoms with Gasteiger partial charge in [-0.05, 0) is 25.7 Å². The Kier molecular flexibility index (Phi) is 6.05. The largest absolute Gasteiger partial charge is 0.381 e. The number of hydrogen-bond donors (Lipinski definition) is 1. The molecule has 1 saturated carbocycles. The number of nitrogens with one attached hydrogen (secondary N) is 1. The molecule has 2 amide bonds. The molecule has 0 bridgehead atoms. The molecule has 7 nitrogen and oxygen atoms in total. The molecule has 1 N–H and O–H groups in total. The lowest BCUT2D eigenvalue weighted by Crippen LogP contribution is -2.44. The van der Waals surface area contributed by atoms with Gasteiger partial charge in [-0.2, -0.15) is 0 Å². The van der Waals surface area contributed by atoms with Crippen LogP contribution in [0.4, 0.5) is 4.79 Å². The van der Waals surface area contributed by atoms with Gasteiger partial charge in [0.1, 0.15) is 0 Å². The summed E-state index contributed by atoms with van der Waals surface area (Å²) in [4.78, 5) is 14.2. The van der Waals surface area contributed by atoms with Crippen molar-refractivity contribution in [1.82, 2.24) is 14.5 Å². The first-order chi connectivity index (χ1) is 10.4. The predicted octanol–water partition coefficient (Wildman–Crippen LogP) is 0.478. The molecule has 0 radical (unpaired) electrons. The molecule has 1 atom stereocenters. The van der Waals surface area contributed by atoms with Crippen molar-refractivity contribution in [3.05, 3.63) is 0 Å². The Morgan fingerprint density at radius 3 is 2.59 bits per heavy atom. The van der Waals surface area contributed by atoms with E-state index < -0.39 is 10.0 Å². The third-order valence-corrected chi connectivity index (χ3v) is 5.53. The van der Waals surface area contributed by atoms with Crippen LogP contribution in [0.3, 0.4) is 0 Å². The molecule has 22 heavy (non-hydrogen) atoms. The summed E-state index contributed by atoms with van der Waals surface area (Å²) in [6.45, 7) is 3.21. The van der Waals surface area contributed by atoms with Gasteiger partial charge >= 0.3 is 6.03 Å². The fourth-order valence-corrected chi connectivity index (χ4v) is 3.01. The molecule has 0 unspecified atom stereocenters.